The van der Waals surface area contributed by atoms with Gasteiger partial charge in [0.05, 0.1) is 21.3 Å². The van der Waals surface area contributed by atoms with Crippen molar-refractivity contribution in [3.63, 3.8) is 0 Å². The van der Waals surface area contributed by atoms with Gasteiger partial charge in [0.1, 0.15) is 5.75 Å². The highest BCUT2D eigenvalue weighted by atomic mass is 35.5. The van der Waals surface area contributed by atoms with Crippen molar-refractivity contribution in [1.29, 1.82) is 0 Å². The van der Waals surface area contributed by atoms with Crippen molar-refractivity contribution in [2.24, 2.45) is 11.7 Å². The molecule has 5 nitrogen and oxygen atoms in total. The lowest BCUT2D eigenvalue weighted by Gasteiger charge is -2.38. The van der Waals surface area contributed by atoms with E-state index in [1.807, 2.05) is 12.1 Å². The summed E-state index contributed by atoms with van der Waals surface area (Å²) in [6.45, 7) is 4.88. The van der Waals surface area contributed by atoms with Crippen molar-refractivity contribution in [2.75, 3.05) is 34.4 Å². The standard InChI is InChI=1S/C17H28N2O3.ClH/c1-12-5-6-19(14(7-12)10-18)11-13-8-16(21-3)17(22-4)9-15(13)20-2;/h8-9,12,14H,5-7,10-11,18H2,1-4H3;1H. The van der Waals surface area contributed by atoms with Crippen LogP contribution in [-0.4, -0.2) is 45.4 Å². The minimum Gasteiger partial charge on any atom is -0.496 e. The van der Waals surface area contributed by atoms with Crippen molar-refractivity contribution < 1.29 is 14.2 Å². The maximum absolute atomic E-state index is 5.96. The van der Waals surface area contributed by atoms with Gasteiger partial charge >= 0.3 is 0 Å². The number of piperidine rings is 1. The van der Waals surface area contributed by atoms with Gasteiger partial charge in [-0.1, -0.05) is 6.92 Å². The molecule has 1 aliphatic heterocycles. The Kier molecular flexibility index (Phi) is 7.95. The molecule has 2 rings (SSSR count). The second kappa shape index (κ2) is 9.21. The predicted molar refractivity (Wildman–Crippen MR) is 95.0 cm³/mol. The van der Waals surface area contributed by atoms with Gasteiger partial charge in [0.2, 0.25) is 0 Å². The van der Waals surface area contributed by atoms with Crippen LogP contribution in [0, 0.1) is 5.92 Å². The molecule has 23 heavy (non-hydrogen) atoms. The molecule has 1 aromatic rings. The molecule has 0 bridgehead atoms. The number of hydrogen-bond acceptors (Lipinski definition) is 5. The number of likely N-dealkylation sites (tertiary alicyclic amines) is 1. The molecule has 1 saturated heterocycles. The second-order valence-electron chi connectivity index (χ2n) is 6.01. The molecule has 0 aromatic heterocycles. The first-order valence-corrected chi connectivity index (χ1v) is 7.85. The number of ether oxygens (including phenoxy) is 3. The Morgan fingerprint density at radius 2 is 1.70 bits per heavy atom. The lowest BCUT2D eigenvalue weighted by Crippen LogP contribution is -2.45. The fraction of sp³-hybridized carbons (Fsp3) is 0.647. The first kappa shape index (κ1) is 19.9. The van der Waals surface area contributed by atoms with Gasteiger partial charge in [-0.2, -0.15) is 0 Å². The predicted octanol–water partition coefficient (Wildman–Crippen LogP) is 2.69. The number of rotatable bonds is 6. The fourth-order valence-corrected chi connectivity index (χ4v) is 3.19. The molecule has 2 atom stereocenters. The second-order valence-corrected chi connectivity index (χ2v) is 6.01. The Balaban J connectivity index is 0.00000264. The monoisotopic (exact) mass is 344 g/mol. The molecule has 0 aliphatic carbocycles. The molecule has 1 aromatic carbocycles. The largest absolute Gasteiger partial charge is 0.496 e. The molecule has 6 heteroatoms. The summed E-state index contributed by atoms with van der Waals surface area (Å²) < 4.78 is 16.3. The van der Waals surface area contributed by atoms with Gasteiger partial charge in [0.15, 0.2) is 11.5 Å². The van der Waals surface area contributed by atoms with E-state index >= 15 is 0 Å². The molecular weight excluding hydrogens is 316 g/mol. The van der Waals surface area contributed by atoms with Gasteiger partial charge in [0.25, 0.3) is 0 Å². The molecule has 1 fully saturated rings. The molecule has 0 amide bonds. The first-order chi connectivity index (χ1) is 10.6. The van der Waals surface area contributed by atoms with Crippen molar-refractivity contribution >= 4 is 12.4 Å². The minimum atomic E-state index is 0. The van der Waals surface area contributed by atoms with E-state index in [1.54, 1.807) is 21.3 Å². The van der Waals surface area contributed by atoms with Crippen LogP contribution in [0.1, 0.15) is 25.3 Å². The molecule has 1 aliphatic rings. The van der Waals surface area contributed by atoms with Crippen LogP contribution in [0.15, 0.2) is 12.1 Å². The van der Waals surface area contributed by atoms with E-state index in [-0.39, 0.29) is 12.4 Å². The van der Waals surface area contributed by atoms with E-state index in [9.17, 15) is 0 Å². The first-order valence-electron chi connectivity index (χ1n) is 7.85. The van der Waals surface area contributed by atoms with E-state index < -0.39 is 0 Å². The topological polar surface area (TPSA) is 57.0 Å². The van der Waals surface area contributed by atoms with Gasteiger partial charge in [0, 0.05) is 30.8 Å². The summed E-state index contributed by atoms with van der Waals surface area (Å²) in [6.07, 6.45) is 2.37. The summed E-state index contributed by atoms with van der Waals surface area (Å²) in [5.74, 6) is 2.99. The van der Waals surface area contributed by atoms with Gasteiger partial charge in [-0.3, -0.25) is 4.90 Å². The molecular formula is C17H29ClN2O3. The van der Waals surface area contributed by atoms with Crippen LogP contribution in [0.5, 0.6) is 17.2 Å². The molecule has 2 N–H and O–H groups in total. The van der Waals surface area contributed by atoms with Crippen molar-refractivity contribution in [2.45, 2.75) is 32.4 Å². The summed E-state index contributed by atoms with van der Waals surface area (Å²) >= 11 is 0. The zero-order valence-corrected chi connectivity index (χ0v) is 15.3. The Morgan fingerprint density at radius 3 is 2.26 bits per heavy atom. The van der Waals surface area contributed by atoms with Crippen molar-refractivity contribution in [3.05, 3.63) is 17.7 Å². The van der Waals surface area contributed by atoms with Crippen molar-refractivity contribution in [3.8, 4) is 17.2 Å². The summed E-state index contributed by atoms with van der Waals surface area (Å²) in [6, 6.07) is 4.32. The van der Waals surface area contributed by atoms with Crippen LogP contribution in [0.3, 0.4) is 0 Å². The average molecular weight is 345 g/mol. The quantitative estimate of drug-likeness (QED) is 0.859. The van der Waals surface area contributed by atoms with Gasteiger partial charge < -0.3 is 19.9 Å². The highest BCUT2D eigenvalue weighted by Crippen LogP contribution is 2.36. The Morgan fingerprint density at radius 1 is 1.09 bits per heavy atom. The van der Waals surface area contributed by atoms with Crippen LogP contribution < -0.4 is 19.9 Å². The molecule has 132 valence electrons. The van der Waals surface area contributed by atoms with Gasteiger partial charge in [-0.25, -0.2) is 0 Å². The van der Waals surface area contributed by atoms with Gasteiger partial charge in [-0.15, -0.1) is 12.4 Å². The lowest BCUT2D eigenvalue weighted by atomic mass is 9.92. The smallest absolute Gasteiger partial charge is 0.164 e. The van der Waals surface area contributed by atoms with Crippen LogP contribution in [0.2, 0.25) is 0 Å². The van der Waals surface area contributed by atoms with Crippen LogP contribution >= 0.6 is 12.4 Å². The zero-order valence-electron chi connectivity index (χ0n) is 14.5. The highest BCUT2D eigenvalue weighted by Gasteiger charge is 2.26. The number of methoxy groups -OCH3 is 3. The summed E-state index contributed by atoms with van der Waals surface area (Å²) in [5.41, 5.74) is 7.07. The third-order valence-corrected chi connectivity index (χ3v) is 4.53. The minimum absolute atomic E-state index is 0. The normalized spacial score (nSPS) is 21.4. The highest BCUT2D eigenvalue weighted by molar-refractivity contribution is 5.85. The van der Waals surface area contributed by atoms with Crippen molar-refractivity contribution in [1.82, 2.24) is 4.90 Å². The third-order valence-electron chi connectivity index (χ3n) is 4.53. The van der Waals surface area contributed by atoms with Crippen LogP contribution in [0.25, 0.3) is 0 Å². The molecule has 1 heterocycles. The van der Waals surface area contributed by atoms with E-state index in [4.69, 9.17) is 19.9 Å². The summed E-state index contributed by atoms with van der Waals surface area (Å²) in [7, 11) is 4.97. The molecule has 2 unspecified atom stereocenters. The van der Waals surface area contributed by atoms with E-state index in [0.29, 0.717) is 18.3 Å². The van der Waals surface area contributed by atoms with Gasteiger partial charge in [-0.05, 0) is 31.4 Å². The maximum atomic E-state index is 5.96. The van der Waals surface area contributed by atoms with E-state index in [2.05, 4.69) is 11.8 Å². The Bertz CT molecular complexity index is 499. The van der Waals surface area contributed by atoms with E-state index in [0.717, 1.165) is 42.5 Å². The summed E-state index contributed by atoms with van der Waals surface area (Å²) in [4.78, 5) is 2.45. The van der Waals surface area contributed by atoms with Crippen LogP contribution in [0.4, 0.5) is 0 Å². The molecule has 0 spiro atoms. The lowest BCUT2D eigenvalue weighted by molar-refractivity contribution is 0.114. The Hall–Kier alpha value is -1.17. The van der Waals surface area contributed by atoms with E-state index in [1.165, 1.54) is 6.42 Å². The number of nitrogens with two attached hydrogens (primary N) is 1. The summed E-state index contributed by atoms with van der Waals surface area (Å²) in [5, 5.41) is 0. The maximum Gasteiger partial charge on any atom is 0.164 e. The fourth-order valence-electron chi connectivity index (χ4n) is 3.19. The molecule has 0 saturated carbocycles. The number of benzene rings is 1. The molecule has 0 radical (unpaired) electrons. The number of nitrogens with zero attached hydrogens (tertiary/aromatic N) is 1. The average Bonchev–Trinajstić information content (AvgIpc) is 2.55. The third kappa shape index (κ3) is 4.66. The SMILES string of the molecule is COc1cc(OC)c(OC)cc1CN1CCC(C)CC1CN.Cl. The Labute approximate surface area is 145 Å². The zero-order chi connectivity index (χ0) is 16.1. The number of halogens is 1. The van der Waals surface area contributed by atoms with Crippen LogP contribution in [-0.2, 0) is 6.54 Å². The number of hydrogen-bond donors (Lipinski definition) is 1.